The number of para-hydroxylation sites is 2. The van der Waals surface area contributed by atoms with Crippen molar-refractivity contribution in [1.82, 2.24) is 4.90 Å². The molecule has 0 atom stereocenters. The molecule has 3 aromatic carbocycles. The number of nitrogens with one attached hydrogen (secondary N) is 1. The molecule has 1 aliphatic rings. The Morgan fingerprint density at radius 1 is 0.886 bits per heavy atom. The van der Waals surface area contributed by atoms with Gasteiger partial charge in [0.15, 0.2) is 0 Å². The van der Waals surface area contributed by atoms with Crippen LogP contribution in [0.15, 0.2) is 77.7 Å². The Kier molecular flexibility index (Phi) is 8.31. The van der Waals surface area contributed by atoms with Crippen LogP contribution in [-0.4, -0.2) is 46.6 Å². The Morgan fingerprint density at radius 3 is 2.34 bits per heavy atom. The van der Waals surface area contributed by atoms with Crippen LogP contribution in [0.4, 0.5) is 11.4 Å². The van der Waals surface area contributed by atoms with Crippen molar-refractivity contribution in [3.05, 3.63) is 83.9 Å². The first-order valence-electron chi connectivity index (χ1n) is 12.3. The van der Waals surface area contributed by atoms with Crippen molar-refractivity contribution in [3.8, 4) is 5.75 Å². The van der Waals surface area contributed by atoms with E-state index >= 15 is 0 Å². The molecule has 0 saturated carbocycles. The first-order valence-corrected chi connectivity index (χ1v) is 13.8. The second-order valence-corrected chi connectivity index (χ2v) is 10.7. The fraction of sp³-hybridized carbons (Fsp3) is 0.357. The summed E-state index contributed by atoms with van der Waals surface area (Å²) in [5.74, 6) is 0.891. The fourth-order valence-corrected chi connectivity index (χ4v) is 5.57. The number of nitrogens with zero attached hydrogens (tertiary/aromatic N) is 2. The Balaban J connectivity index is 1.36. The van der Waals surface area contributed by atoms with E-state index in [0.717, 1.165) is 69.0 Å². The van der Waals surface area contributed by atoms with Gasteiger partial charge in [-0.2, -0.15) is 0 Å². The van der Waals surface area contributed by atoms with E-state index in [9.17, 15) is 8.42 Å². The summed E-state index contributed by atoms with van der Waals surface area (Å²) in [6.07, 6.45) is 3.29. The van der Waals surface area contributed by atoms with Gasteiger partial charge in [0.2, 0.25) is 0 Å². The third-order valence-corrected chi connectivity index (χ3v) is 7.82. The van der Waals surface area contributed by atoms with E-state index in [2.05, 4.69) is 27.5 Å². The summed E-state index contributed by atoms with van der Waals surface area (Å²) in [4.78, 5) is 4.99. The van der Waals surface area contributed by atoms with Crippen LogP contribution >= 0.6 is 0 Å². The molecule has 0 aliphatic carbocycles. The van der Waals surface area contributed by atoms with Gasteiger partial charge in [0.1, 0.15) is 5.75 Å². The predicted molar refractivity (Wildman–Crippen MR) is 143 cm³/mol. The van der Waals surface area contributed by atoms with Gasteiger partial charge in [-0.1, -0.05) is 49.7 Å². The highest BCUT2D eigenvalue weighted by Gasteiger charge is 2.20. The van der Waals surface area contributed by atoms with Crippen LogP contribution in [0.2, 0.25) is 0 Å². The van der Waals surface area contributed by atoms with Gasteiger partial charge in [0, 0.05) is 38.4 Å². The summed E-state index contributed by atoms with van der Waals surface area (Å²) < 4.78 is 34.3. The molecule has 0 amide bonds. The lowest BCUT2D eigenvalue weighted by atomic mass is 10.1. The molecule has 0 spiro atoms. The van der Waals surface area contributed by atoms with Crippen LogP contribution < -0.4 is 14.4 Å². The fourth-order valence-electron chi connectivity index (χ4n) is 4.44. The number of anilines is 2. The third-order valence-electron chi connectivity index (χ3n) is 6.44. The number of rotatable bonds is 10. The van der Waals surface area contributed by atoms with E-state index in [4.69, 9.17) is 4.74 Å². The third kappa shape index (κ3) is 6.55. The average molecular weight is 494 g/mol. The van der Waals surface area contributed by atoms with Crippen molar-refractivity contribution in [1.29, 1.82) is 0 Å². The van der Waals surface area contributed by atoms with E-state index in [1.807, 2.05) is 54.6 Å². The molecule has 35 heavy (non-hydrogen) atoms. The van der Waals surface area contributed by atoms with Crippen LogP contribution in [0.25, 0.3) is 0 Å². The van der Waals surface area contributed by atoms with Crippen LogP contribution in [0.3, 0.4) is 0 Å². The first-order chi connectivity index (χ1) is 17.0. The molecule has 3 aromatic rings. The molecule has 0 aromatic heterocycles. The smallest absolute Gasteiger partial charge is 0.261 e. The van der Waals surface area contributed by atoms with E-state index in [-0.39, 0.29) is 4.90 Å². The van der Waals surface area contributed by atoms with Gasteiger partial charge in [0.25, 0.3) is 10.0 Å². The van der Waals surface area contributed by atoms with E-state index in [1.54, 1.807) is 19.2 Å². The minimum Gasteiger partial charge on any atom is -0.495 e. The Labute approximate surface area is 209 Å². The van der Waals surface area contributed by atoms with Crippen LogP contribution in [-0.2, 0) is 23.0 Å². The van der Waals surface area contributed by atoms with Crippen molar-refractivity contribution in [3.63, 3.8) is 0 Å². The molecule has 0 bridgehead atoms. The maximum absolute atomic E-state index is 13.0. The highest BCUT2D eigenvalue weighted by atomic mass is 32.2. The molecule has 4 rings (SSSR count). The van der Waals surface area contributed by atoms with E-state index < -0.39 is 10.0 Å². The molecule has 1 aliphatic heterocycles. The Morgan fingerprint density at radius 2 is 1.63 bits per heavy atom. The summed E-state index contributed by atoms with van der Waals surface area (Å²) in [5.41, 5.74) is 3.92. The monoisotopic (exact) mass is 493 g/mol. The zero-order valence-corrected chi connectivity index (χ0v) is 21.4. The molecule has 1 saturated heterocycles. The van der Waals surface area contributed by atoms with Crippen molar-refractivity contribution in [2.24, 2.45) is 0 Å². The van der Waals surface area contributed by atoms with Crippen molar-refractivity contribution in [2.45, 2.75) is 37.6 Å². The van der Waals surface area contributed by atoms with Gasteiger partial charge in [-0.3, -0.25) is 9.62 Å². The SMILES string of the molecule is CCCCc1ccc(NS(=O)(=O)c2cccc(CN3CCN(c4ccccc4OC)CC3)c2)cc1. The quantitative estimate of drug-likeness (QED) is 0.423. The van der Waals surface area contributed by atoms with Gasteiger partial charge in [0.05, 0.1) is 17.7 Å². The number of benzene rings is 3. The minimum absolute atomic E-state index is 0.290. The standard InChI is InChI=1S/C28H35N3O3S/c1-3-4-8-23-13-15-25(16-14-23)29-35(32,33)26-10-7-9-24(21-26)22-30-17-19-31(20-18-30)27-11-5-6-12-28(27)34-2/h5-7,9-16,21,29H,3-4,8,17-20,22H2,1-2H3. The maximum atomic E-state index is 13.0. The molecular formula is C28H35N3O3S. The topological polar surface area (TPSA) is 61.9 Å². The number of piperazine rings is 1. The largest absolute Gasteiger partial charge is 0.495 e. The number of hydrogen-bond donors (Lipinski definition) is 1. The number of sulfonamides is 1. The summed E-state index contributed by atoms with van der Waals surface area (Å²) in [5, 5.41) is 0. The zero-order chi connectivity index (χ0) is 24.7. The lowest BCUT2D eigenvalue weighted by molar-refractivity contribution is 0.249. The second kappa shape index (κ2) is 11.6. The predicted octanol–water partition coefficient (Wildman–Crippen LogP) is 5.16. The van der Waals surface area contributed by atoms with Gasteiger partial charge < -0.3 is 9.64 Å². The van der Waals surface area contributed by atoms with Gasteiger partial charge >= 0.3 is 0 Å². The van der Waals surface area contributed by atoms with Crippen molar-refractivity contribution in [2.75, 3.05) is 42.9 Å². The molecule has 7 heteroatoms. The van der Waals surface area contributed by atoms with Gasteiger partial charge in [-0.25, -0.2) is 8.42 Å². The number of aryl methyl sites for hydroxylation is 1. The van der Waals surface area contributed by atoms with Crippen LogP contribution in [0, 0.1) is 0 Å². The van der Waals surface area contributed by atoms with Crippen molar-refractivity contribution < 1.29 is 13.2 Å². The highest BCUT2D eigenvalue weighted by Crippen LogP contribution is 2.28. The van der Waals surface area contributed by atoms with Crippen molar-refractivity contribution >= 4 is 21.4 Å². The van der Waals surface area contributed by atoms with E-state index in [1.165, 1.54) is 5.56 Å². The number of ether oxygens (including phenoxy) is 1. The number of methoxy groups -OCH3 is 1. The lowest BCUT2D eigenvalue weighted by Crippen LogP contribution is -2.46. The Hall–Kier alpha value is -3.03. The molecule has 1 heterocycles. The zero-order valence-electron chi connectivity index (χ0n) is 20.6. The molecule has 1 fully saturated rings. The molecule has 0 unspecified atom stereocenters. The lowest BCUT2D eigenvalue weighted by Gasteiger charge is -2.36. The summed E-state index contributed by atoms with van der Waals surface area (Å²) in [7, 11) is -1.95. The van der Waals surface area contributed by atoms with E-state index in [0.29, 0.717) is 5.69 Å². The maximum Gasteiger partial charge on any atom is 0.261 e. The van der Waals surface area contributed by atoms with Crippen LogP contribution in [0.1, 0.15) is 30.9 Å². The molecule has 6 nitrogen and oxygen atoms in total. The number of unbranched alkanes of at least 4 members (excludes halogenated alkanes) is 1. The molecular weight excluding hydrogens is 458 g/mol. The normalized spacial score (nSPS) is 14.6. The summed E-state index contributed by atoms with van der Waals surface area (Å²) in [6, 6.07) is 23.0. The van der Waals surface area contributed by atoms with Crippen LogP contribution in [0.5, 0.6) is 5.75 Å². The van der Waals surface area contributed by atoms with Gasteiger partial charge in [-0.15, -0.1) is 0 Å². The minimum atomic E-state index is -3.65. The second-order valence-electron chi connectivity index (χ2n) is 8.99. The average Bonchev–Trinajstić information content (AvgIpc) is 2.89. The molecule has 0 radical (unpaired) electrons. The number of hydrogen-bond acceptors (Lipinski definition) is 5. The highest BCUT2D eigenvalue weighted by molar-refractivity contribution is 7.92. The first kappa shape index (κ1) is 25.1. The summed E-state index contributed by atoms with van der Waals surface area (Å²) in [6.45, 7) is 6.48. The molecule has 186 valence electrons. The molecule has 1 N–H and O–H groups in total. The summed E-state index contributed by atoms with van der Waals surface area (Å²) >= 11 is 0. The van der Waals surface area contributed by atoms with Gasteiger partial charge in [-0.05, 0) is 60.4 Å². The Bertz CT molecular complexity index is 1200.